The van der Waals surface area contributed by atoms with Crippen LogP contribution in [-0.4, -0.2) is 4.92 Å². The minimum Gasteiger partial charge on any atom is -0.399 e. The summed E-state index contributed by atoms with van der Waals surface area (Å²) in [6.07, 6.45) is 0. The molecule has 2 rings (SSSR count). The predicted octanol–water partition coefficient (Wildman–Crippen LogP) is 3.47. The van der Waals surface area contributed by atoms with Gasteiger partial charge in [-0.3, -0.25) is 10.1 Å². The van der Waals surface area contributed by atoms with Gasteiger partial charge in [-0.05, 0) is 23.8 Å². The number of anilines is 1. The summed E-state index contributed by atoms with van der Waals surface area (Å²) < 4.78 is 0. The highest BCUT2D eigenvalue weighted by Gasteiger charge is 2.12. The minimum absolute atomic E-state index is 0.145. The summed E-state index contributed by atoms with van der Waals surface area (Å²) in [7, 11) is 0. The molecule has 0 unspecified atom stereocenters. The van der Waals surface area contributed by atoms with Gasteiger partial charge < -0.3 is 5.73 Å². The third kappa shape index (κ3) is 3.01. The average molecular weight is 260 g/mol. The molecule has 92 valence electrons. The molecule has 0 saturated carbocycles. The van der Waals surface area contributed by atoms with Crippen molar-refractivity contribution in [1.82, 2.24) is 0 Å². The van der Waals surface area contributed by atoms with Crippen LogP contribution in [0.5, 0.6) is 0 Å². The number of benzene rings is 2. The molecule has 4 nitrogen and oxygen atoms in total. The molecule has 0 spiro atoms. The summed E-state index contributed by atoms with van der Waals surface area (Å²) in [5.74, 6) is 0.663. The standard InChI is InChI=1S/C13H12N2O2S/c14-11-5-3-4-10(8-11)9-18-13-7-2-1-6-12(13)15(16)17/h1-8H,9,14H2. The summed E-state index contributed by atoms with van der Waals surface area (Å²) in [5, 5.41) is 10.9. The number of nitro benzene ring substituents is 1. The summed E-state index contributed by atoms with van der Waals surface area (Å²) in [5.41, 5.74) is 7.59. The number of rotatable bonds is 4. The Morgan fingerprint density at radius 2 is 1.94 bits per heavy atom. The van der Waals surface area contributed by atoms with Crippen LogP contribution in [-0.2, 0) is 5.75 Å². The molecule has 0 fully saturated rings. The van der Waals surface area contributed by atoms with Gasteiger partial charge in [0.15, 0.2) is 0 Å². The molecule has 0 amide bonds. The Kier molecular flexibility index (Phi) is 3.84. The first-order valence-corrected chi connectivity index (χ1v) is 6.36. The van der Waals surface area contributed by atoms with E-state index in [4.69, 9.17) is 5.73 Å². The molecule has 0 atom stereocenters. The van der Waals surface area contributed by atoms with Crippen LogP contribution in [0.2, 0.25) is 0 Å². The Balaban J connectivity index is 2.13. The summed E-state index contributed by atoms with van der Waals surface area (Å²) in [4.78, 5) is 11.2. The van der Waals surface area contributed by atoms with Gasteiger partial charge in [-0.25, -0.2) is 0 Å². The van der Waals surface area contributed by atoms with Crippen molar-refractivity contribution in [2.75, 3.05) is 5.73 Å². The predicted molar refractivity (Wildman–Crippen MR) is 73.5 cm³/mol. The Morgan fingerprint density at radius 3 is 2.67 bits per heavy atom. The van der Waals surface area contributed by atoms with Crippen molar-refractivity contribution in [3.05, 3.63) is 64.2 Å². The zero-order valence-electron chi connectivity index (χ0n) is 9.58. The van der Waals surface area contributed by atoms with E-state index in [1.165, 1.54) is 17.8 Å². The van der Waals surface area contributed by atoms with Gasteiger partial charge in [0.2, 0.25) is 0 Å². The molecule has 5 heteroatoms. The normalized spacial score (nSPS) is 10.2. The largest absolute Gasteiger partial charge is 0.399 e. The lowest BCUT2D eigenvalue weighted by Gasteiger charge is -2.03. The molecule has 18 heavy (non-hydrogen) atoms. The maximum absolute atomic E-state index is 10.9. The van der Waals surface area contributed by atoms with Crippen LogP contribution < -0.4 is 5.73 Å². The molecule has 0 radical (unpaired) electrons. The second-order valence-corrected chi connectivity index (χ2v) is 4.78. The molecular weight excluding hydrogens is 248 g/mol. The van der Waals surface area contributed by atoms with Crippen molar-refractivity contribution in [3.63, 3.8) is 0 Å². The number of nitrogens with two attached hydrogens (primary N) is 1. The molecule has 2 N–H and O–H groups in total. The molecule has 2 aromatic carbocycles. The van der Waals surface area contributed by atoms with Crippen LogP contribution >= 0.6 is 11.8 Å². The van der Waals surface area contributed by atoms with Gasteiger partial charge in [-0.2, -0.15) is 0 Å². The number of hydrogen-bond acceptors (Lipinski definition) is 4. The maximum Gasteiger partial charge on any atom is 0.282 e. The third-order valence-electron chi connectivity index (χ3n) is 2.41. The molecule has 0 aliphatic carbocycles. The van der Waals surface area contributed by atoms with E-state index in [9.17, 15) is 10.1 Å². The van der Waals surface area contributed by atoms with Gasteiger partial charge >= 0.3 is 0 Å². The van der Waals surface area contributed by atoms with Crippen LogP contribution in [0, 0.1) is 10.1 Å². The zero-order chi connectivity index (χ0) is 13.0. The summed E-state index contributed by atoms with van der Waals surface area (Å²) >= 11 is 1.44. The highest BCUT2D eigenvalue weighted by molar-refractivity contribution is 7.98. The monoisotopic (exact) mass is 260 g/mol. The second-order valence-electron chi connectivity index (χ2n) is 3.76. The molecule has 0 saturated heterocycles. The molecule has 0 bridgehead atoms. The van der Waals surface area contributed by atoms with Crippen LogP contribution in [0.15, 0.2) is 53.4 Å². The third-order valence-corrected chi connectivity index (χ3v) is 3.54. The van der Waals surface area contributed by atoms with E-state index in [0.717, 1.165) is 5.56 Å². The fourth-order valence-electron chi connectivity index (χ4n) is 1.57. The first-order chi connectivity index (χ1) is 8.66. The molecule has 2 aromatic rings. The SMILES string of the molecule is Nc1cccc(CSc2ccccc2[N+](=O)[O-])c1. The van der Waals surface area contributed by atoms with Crippen LogP contribution in [0.25, 0.3) is 0 Å². The quantitative estimate of drug-likeness (QED) is 0.395. The number of thioether (sulfide) groups is 1. The average Bonchev–Trinajstić information content (AvgIpc) is 2.37. The highest BCUT2D eigenvalue weighted by atomic mass is 32.2. The van der Waals surface area contributed by atoms with E-state index >= 15 is 0 Å². The molecule has 0 aliphatic heterocycles. The maximum atomic E-state index is 10.9. The van der Waals surface area contributed by atoms with Crippen molar-refractivity contribution in [2.24, 2.45) is 0 Å². The number of nitrogens with zero attached hydrogens (tertiary/aromatic N) is 1. The van der Waals surface area contributed by atoms with Crippen molar-refractivity contribution in [2.45, 2.75) is 10.6 Å². The van der Waals surface area contributed by atoms with Crippen molar-refractivity contribution >= 4 is 23.1 Å². The molecule has 0 heterocycles. The van der Waals surface area contributed by atoms with E-state index in [0.29, 0.717) is 16.3 Å². The van der Waals surface area contributed by atoms with E-state index in [1.54, 1.807) is 18.2 Å². The number of nitro groups is 1. The topological polar surface area (TPSA) is 69.2 Å². The Morgan fingerprint density at radius 1 is 1.17 bits per heavy atom. The zero-order valence-corrected chi connectivity index (χ0v) is 10.4. The van der Waals surface area contributed by atoms with Gasteiger partial charge in [0.25, 0.3) is 5.69 Å². The van der Waals surface area contributed by atoms with Crippen molar-refractivity contribution in [1.29, 1.82) is 0 Å². The lowest BCUT2D eigenvalue weighted by Crippen LogP contribution is -1.91. The van der Waals surface area contributed by atoms with Gasteiger partial charge in [-0.1, -0.05) is 24.3 Å². The number of hydrogen-bond donors (Lipinski definition) is 1. The summed E-state index contributed by atoms with van der Waals surface area (Å²) in [6, 6.07) is 14.3. The minimum atomic E-state index is -0.359. The Bertz CT molecular complexity index is 572. The molecule has 0 aliphatic rings. The van der Waals surface area contributed by atoms with E-state index in [-0.39, 0.29) is 10.6 Å². The fraction of sp³-hybridized carbons (Fsp3) is 0.0769. The van der Waals surface area contributed by atoms with Crippen LogP contribution in [0.4, 0.5) is 11.4 Å². The number of nitrogen functional groups attached to an aromatic ring is 1. The molecule has 0 aromatic heterocycles. The smallest absolute Gasteiger partial charge is 0.282 e. The van der Waals surface area contributed by atoms with Crippen LogP contribution in [0.3, 0.4) is 0 Å². The first-order valence-electron chi connectivity index (χ1n) is 5.37. The Hall–Kier alpha value is -2.01. The fourth-order valence-corrected chi connectivity index (χ4v) is 2.54. The van der Waals surface area contributed by atoms with Gasteiger partial charge in [0.05, 0.1) is 9.82 Å². The second kappa shape index (κ2) is 5.55. The van der Waals surface area contributed by atoms with Crippen LogP contribution in [0.1, 0.15) is 5.56 Å². The Labute approximate surface area is 109 Å². The summed E-state index contributed by atoms with van der Waals surface area (Å²) in [6.45, 7) is 0. The number of para-hydroxylation sites is 1. The lowest BCUT2D eigenvalue weighted by molar-refractivity contribution is -0.387. The lowest BCUT2D eigenvalue weighted by atomic mass is 10.2. The van der Waals surface area contributed by atoms with Gasteiger partial charge in [0.1, 0.15) is 0 Å². The first kappa shape index (κ1) is 12.4. The van der Waals surface area contributed by atoms with E-state index < -0.39 is 0 Å². The van der Waals surface area contributed by atoms with Crippen molar-refractivity contribution < 1.29 is 4.92 Å². The van der Waals surface area contributed by atoms with Gasteiger partial charge in [0, 0.05) is 17.5 Å². The van der Waals surface area contributed by atoms with Crippen molar-refractivity contribution in [3.8, 4) is 0 Å². The van der Waals surface area contributed by atoms with Gasteiger partial charge in [-0.15, -0.1) is 11.8 Å². The van der Waals surface area contributed by atoms with E-state index in [1.807, 2.05) is 24.3 Å². The van der Waals surface area contributed by atoms with E-state index in [2.05, 4.69) is 0 Å². The highest BCUT2D eigenvalue weighted by Crippen LogP contribution is 2.31. The molecular formula is C13H12N2O2S.